The minimum Gasteiger partial charge on any atom is -0.389 e. The number of rotatable bonds is 8. The Morgan fingerprint density at radius 1 is 1.16 bits per heavy atom. The fraction of sp³-hybridized carbons (Fsp3) is 0.361. The number of fused-ring (bicyclic) bond motifs is 1. The normalized spacial score (nSPS) is 15.4. The average Bonchev–Trinajstić information content (AvgIpc) is 3.02. The van der Waals surface area contributed by atoms with Gasteiger partial charge in [-0.1, -0.05) is 44.7 Å². The molecule has 45 heavy (non-hydrogen) atoms. The Morgan fingerprint density at radius 2 is 1.87 bits per heavy atom. The summed E-state index contributed by atoms with van der Waals surface area (Å²) in [5.41, 5.74) is 3.95. The second-order valence-electron chi connectivity index (χ2n) is 11.8. The zero-order valence-electron chi connectivity index (χ0n) is 27.3. The Morgan fingerprint density at radius 3 is 2.51 bits per heavy atom. The summed E-state index contributed by atoms with van der Waals surface area (Å²) in [4.78, 5) is 26.5. The summed E-state index contributed by atoms with van der Waals surface area (Å²) >= 11 is 0. The van der Waals surface area contributed by atoms with Gasteiger partial charge in [-0.2, -0.15) is 0 Å². The number of pyridine rings is 1. The van der Waals surface area contributed by atoms with Crippen LogP contribution in [-0.2, 0) is 11.8 Å². The van der Waals surface area contributed by atoms with Crippen molar-refractivity contribution in [2.45, 2.75) is 46.3 Å². The summed E-state index contributed by atoms with van der Waals surface area (Å²) in [5, 5.41) is 11.2. The molecule has 1 unspecified atom stereocenters. The summed E-state index contributed by atoms with van der Waals surface area (Å²) in [7, 11) is 3.64. The van der Waals surface area contributed by atoms with Crippen LogP contribution in [0.25, 0.3) is 27.6 Å². The van der Waals surface area contributed by atoms with Crippen molar-refractivity contribution in [3.8, 4) is 11.1 Å². The van der Waals surface area contributed by atoms with E-state index < -0.39 is 5.60 Å². The predicted octanol–water partition coefficient (Wildman–Crippen LogP) is 6.28. The second kappa shape index (κ2) is 14.2. The molecule has 238 valence electrons. The number of aromatic nitrogens is 3. The average molecular weight is 614 g/mol. The number of likely N-dealkylation sites (N-methyl/N-ethyl adjacent to an activating group) is 1. The van der Waals surface area contributed by atoms with Crippen LogP contribution in [0.15, 0.2) is 78.4 Å². The summed E-state index contributed by atoms with van der Waals surface area (Å²) in [6.45, 7) is 15.3. The van der Waals surface area contributed by atoms with Crippen LogP contribution in [0.1, 0.15) is 50.7 Å². The molecule has 1 aliphatic rings. The third kappa shape index (κ3) is 7.85. The van der Waals surface area contributed by atoms with Gasteiger partial charge in [0.2, 0.25) is 0 Å². The van der Waals surface area contributed by atoms with Crippen molar-refractivity contribution in [3.63, 3.8) is 0 Å². The lowest BCUT2D eigenvalue weighted by atomic mass is 10.0. The number of halogens is 1. The highest BCUT2D eigenvalue weighted by atomic mass is 19.1. The number of anilines is 1. The molecule has 0 bridgehead atoms. The highest BCUT2D eigenvalue weighted by molar-refractivity contribution is 5.94. The van der Waals surface area contributed by atoms with E-state index in [1.54, 1.807) is 43.7 Å². The lowest BCUT2D eigenvalue weighted by Crippen LogP contribution is -2.40. The maximum atomic E-state index is 13.8. The lowest BCUT2D eigenvalue weighted by Gasteiger charge is -2.37. The minimum absolute atomic E-state index is 0.0352. The van der Waals surface area contributed by atoms with Gasteiger partial charge in [-0.25, -0.2) is 14.4 Å². The van der Waals surface area contributed by atoms with Crippen molar-refractivity contribution in [1.82, 2.24) is 19.4 Å². The molecular weight excluding hydrogens is 569 g/mol. The Hall–Kier alpha value is -4.34. The Labute approximate surface area is 265 Å². The first-order valence-corrected chi connectivity index (χ1v) is 15.3. The Bertz CT molecular complexity index is 1710. The van der Waals surface area contributed by atoms with Gasteiger partial charge in [0.25, 0.3) is 5.56 Å². The smallest absolute Gasteiger partial charge is 0.253 e. The van der Waals surface area contributed by atoms with E-state index in [4.69, 9.17) is 14.7 Å². The molecule has 1 aliphatic heterocycles. The van der Waals surface area contributed by atoms with Gasteiger partial charge < -0.3 is 24.2 Å². The van der Waals surface area contributed by atoms with Crippen molar-refractivity contribution < 1.29 is 14.2 Å². The third-order valence-electron chi connectivity index (χ3n) is 7.50. The minimum atomic E-state index is -0.890. The van der Waals surface area contributed by atoms with Gasteiger partial charge >= 0.3 is 0 Å². The zero-order chi connectivity index (χ0) is 32.9. The summed E-state index contributed by atoms with van der Waals surface area (Å²) < 4.78 is 21.3. The van der Waals surface area contributed by atoms with E-state index in [1.807, 2.05) is 63.3 Å². The Balaban J connectivity index is 0.00000226. The van der Waals surface area contributed by atoms with Crippen LogP contribution in [0, 0.1) is 12.7 Å². The molecule has 0 aliphatic carbocycles. The summed E-state index contributed by atoms with van der Waals surface area (Å²) in [6, 6.07) is 14.2. The number of hydrogen-bond donors (Lipinski definition) is 1. The first-order valence-electron chi connectivity index (χ1n) is 15.3. The molecule has 5 rings (SSSR count). The van der Waals surface area contributed by atoms with Crippen molar-refractivity contribution in [3.05, 3.63) is 107 Å². The number of allylic oxidation sites excluding steroid dienone is 2. The monoisotopic (exact) mass is 613 g/mol. The molecule has 1 N–H and O–H groups in total. The van der Waals surface area contributed by atoms with E-state index in [0.29, 0.717) is 43.3 Å². The molecule has 1 saturated heterocycles. The molecule has 0 spiro atoms. The third-order valence-corrected chi connectivity index (χ3v) is 7.50. The van der Waals surface area contributed by atoms with Crippen molar-refractivity contribution in [1.29, 1.82) is 0 Å². The quantitative estimate of drug-likeness (QED) is 0.234. The van der Waals surface area contributed by atoms with Gasteiger partial charge in [0.05, 0.1) is 30.4 Å². The van der Waals surface area contributed by atoms with Gasteiger partial charge in [0, 0.05) is 56.1 Å². The molecule has 2 aromatic heterocycles. The van der Waals surface area contributed by atoms with Crippen molar-refractivity contribution in [2.75, 3.05) is 38.3 Å². The van der Waals surface area contributed by atoms with E-state index in [-0.39, 0.29) is 17.4 Å². The van der Waals surface area contributed by atoms with Crippen LogP contribution in [0.5, 0.6) is 0 Å². The molecule has 0 amide bonds. The largest absolute Gasteiger partial charge is 0.389 e. The maximum absolute atomic E-state index is 13.8. The van der Waals surface area contributed by atoms with Crippen LogP contribution < -0.4 is 10.5 Å². The van der Waals surface area contributed by atoms with Crippen LogP contribution in [0.2, 0.25) is 0 Å². The molecule has 1 fully saturated rings. The van der Waals surface area contributed by atoms with Gasteiger partial charge in [-0.05, 0) is 67.8 Å². The summed E-state index contributed by atoms with van der Waals surface area (Å²) in [6.07, 6.45) is 5.43. The first kappa shape index (κ1) is 33.6. The van der Waals surface area contributed by atoms with Gasteiger partial charge in [0.1, 0.15) is 11.6 Å². The molecule has 2 aromatic carbocycles. The first-order chi connectivity index (χ1) is 21.4. The second-order valence-corrected chi connectivity index (χ2v) is 11.8. The maximum Gasteiger partial charge on any atom is 0.253 e. The van der Waals surface area contributed by atoms with Crippen molar-refractivity contribution in [2.24, 2.45) is 7.05 Å². The number of aryl methyl sites for hydroxylation is 2. The number of hydrogen-bond acceptors (Lipinski definition) is 7. The lowest BCUT2D eigenvalue weighted by molar-refractivity contribution is 0.0570. The number of aliphatic hydroxyl groups is 1. The van der Waals surface area contributed by atoms with Gasteiger partial charge in [0.15, 0.2) is 5.82 Å². The topological polar surface area (TPSA) is 83.7 Å². The van der Waals surface area contributed by atoms with E-state index >= 15 is 0 Å². The van der Waals surface area contributed by atoms with Crippen LogP contribution >= 0.6 is 0 Å². The highest BCUT2D eigenvalue weighted by Crippen LogP contribution is 2.36. The standard InChI is InChI=1S/C34H38FN5O3.C2H6/c1-7-23(18-38(5)21-34(3,4)42)31-36-29-13-10-25(26-16-22(2)33(41)39(6)19-26)17-28(29)32(37-31)40-14-15-43-20-30(40)24-8-11-27(35)12-9-24;1-2/h7-13,16-19,30,42H,1,14-15,20-21H2,2-6H3;1-2H3/b23-18+;. The van der Waals surface area contributed by atoms with Crippen molar-refractivity contribution >= 4 is 22.3 Å². The number of nitrogens with zero attached hydrogens (tertiary/aromatic N) is 5. The van der Waals surface area contributed by atoms with Crippen LogP contribution in [0.4, 0.5) is 10.2 Å². The number of benzene rings is 2. The van der Waals surface area contributed by atoms with Crippen LogP contribution in [-0.4, -0.2) is 63.5 Å². The van der Waals surface area contributed by atoms with E-state index in [1.165, 1.54) is 12.1 Å². The Kier molecular flexibility index (Phi) is 10.6. The number of ether oxygens (including phenoxy) is 1. The molecule has 8 nitrogen and oxygen atoms in total. The molecular formula is C36H44FN5O3. The van der Waals surface area contributed by atoms with E-state index in [0.717, 1.165) is 33.4 Å². The molecule has 1 atom stereocenters. The van der Waals surface area contributed by atoms with Gasteiger partial charge in [-0.15, -0.1) is 0 Å². The van der Waals surface area contributed by atoms with Crippen LogP contribution in [0.3, 0.4) is 0 Å². The van der Waals surface area contributed by atoms with Gasteiger partial charge in [-0.3, -0.25) is 4.79 Å². The molecule has 0 saturated carbocycles. The predicted molar refractivity (Wildman–Crippen MR) is 181 cm³/mol. The SMILES string of the molecule is C=C/C(=C\N(C)CC(C)(C)O)c1nc(N2CCOCC2c2ccc(F)cc2)c2cc(-c3cc(C)c(=O)n(C)c3)ccc2n1.CC. The zero-order valence-corrected chi connectivity index (χ0v) is 27.3. The highest BCUT2D eigenvalue weighted by Gasteiger charge is 2.28. The van der Waals surface area contributed by atoms with E-state index in [2.05, 4.69) is 17.5 Å². The fourth-order valence-corrected chi connectivity index (χ4v) is 5.59. The summed E-state index contributed by atoms with van der Waals surface area (Å²) in [5.74, 6) is 0.920. The van der Waals surface area contributed by atoms with E-state index in [9.17, 15) is 14.3 Å². The molecule has 3 heterocycles. The molecule has 9 heteroatoms. The molecule has 4 aromatic rings. The fourth-order valence-electron chi connectivity index (χ4n) is 5.59. The molecule has 0 radical (unpaired) electrons. The number of morpholine rings is 1.